The zero-order chi connectivity index (χ0) is 19.4. The van der Waals surface area contributed by atoms with E-state index >= 15 is 0 Å². The normalized spacial score (nSPS) is 20.9. The minimum atomic E-state index is -0.394. The highest BCUT2D eigenvalue weighted by atomic mass is 35.5. The minimum absolute atomic E-state index is 0.0294. The average Bonchev–Trinajstić information content (AvgIpc) is 3.28. The Morgan fingerprint density at radius 2 is 2.00 bits per heavy atom. The number of thiophene rings is 1. The third-order valence-corrected chi connectivity index (χ3v) is 7.33. The summed E-state index contributed by atoms with van der Waals surface area (Å²) in [5.41, 5.74) is 2.88. The van der Waals surface area contributed by atoms with Crippen molar-refractivity contribution in [2.24, 2.45) is 5.92 Å². The molecule has 0 spiro atoms. The SMILES string of the molecule is C[C@H]1CCc2c(sc3c2C(=O)N[C@H](c2ccc(-c4ccc(Cl)c(Cl)c4)o2)N3)C1. The molecule has 28 heavy (non-hydrogen) atoms. The van der Waals surface area contributed by atoms with Crippen molar-refractivity contribution >= 4 is 45.4 Å². The number of amides is 1. The fourth-order valence-corrected chi connectivity index (χ4v) is 5.65. The molecule has 3 aromatic rings. The van der Waals surface area contributed by atoms with Gasteiger partial charge in [-0.1, -0.05) is 30.1 Å². The van der Waals surface area contributed by atoms with E-state index in [2.05, 4.69) is 17.6 Å². The van der Waals surface area contributed by atoms with Gasteiger partial charge in [-0.25, -0.2) is 0 Å². The molecule has 4 nitrogen and oxygen atoms in total. The number of fused-ring (bicyclic) bond motifs is 3. The smallest absolute Gasteiger partial charge is 0.256 e. The molecule has 0 saturated carbocycles. The first-order valence-electron chi connectivity index (χ1n) is 9.26. The van der Waals surface area contributed by atoms with Crippen LogP contribution in [0.25, 0.3) is 11.3 Å². The fourth-order valence-electron chi connectivity index (χ4n) is 3.92. The molecule has 2 aromatic heterocycles. The van der Waals surface area contributed by atoms with Crippen LogP contribution in [0.3, 0.4) is 0 Å². The summed E-state index contributed by atoms with van der Waals surface area (Å²) in [6.45, 7) is 2.27. The van der Waals surface area contributed by atoms with Crippen LogP contribution in [-0.2, 0) is 12.8 Å². The number of hydrogen-bond acceptors (Lipinski definition) is 4. The van der Waals surface area contributed by atoms with E-state index in [9.17, 15) is 4.79 Å². The van der Waals surface area contributed by atoms with E-state index in [1.807, 2.05) is 18.2 Å². The Labute approximate surface area is 176 Å². The molecule has 2 aliphatic rings. The van der Waals surface area contributed by atoms with E-state index in [0.29, 0.717) is 27.5 Å². The molecule has 0 saturated heterocycles. The van der Waals surface area contributed by atoms with E-state index in [0.717, 1.165) is 35.4 Å². The monoisotopic (exact) mass is 432 g/mol. The number of rotatable bonds is 2. The lowest BCUT2D eigenvalue weighted by Crippen LogP contribution is -2.38. The van der Waals surface area contributed by atoms with Crippen LogP contribution in [-0.4, -0.2) is 5.91 Å². The summed E-state index contributed by atoms with van der Waals surface area (Å²) in [6.07, 6.45) is 2.77. The zero-order valence-corrected chi connectivity index (χ0v) is 17.5. The van der Waals surface area contributed by atoms with Crippen molar-refractivity contribution in [2.45, 2.75) is 32.4 Å². The zero-order valence-electron chi connectivity index (χ0n) is 15.1. The summed E-state index contributed by atoms with van der Waals surface area (Å²) in [5, 5.41) is 8.41. The number of nitrogens with one attached hydrogen (secondary N) is 2. The Morgan fingerprint density at radius 3 is 2.82 bits per heavy atom. The van der Waals surface area contributed by atoms with Gasteiger partial charge in [-0.15, -0.1) is 11.3 Å². The van der Waals surface area contributed by atoms with Crippen LogP contribution >= 0.6 is 34.5 Å². The molecule has 0 fully saturated rings. The van der Waals surface area contributed by atoms with Crippen molar-refractivity contribution in [1.82, 2.24) is 5.32 Å². The van der Waals surface area contributed by atoms with Crippen molar-refractivity contribution in [1.29, 1.82) is 0 Å². The van der Waals surface area contributed by atoms with Gasteiger partial charge in [0, 0.05) is 10.4 Å². The van der Waals surface area contributed by atoms with Crippen LogP contribution in [0.4, 0.5) is 5.00 Å². The Kier molecular flexibility index (Phi) is 4.42. The van der Waals surface area contributed by atoms with E-state index < -0.39 is 6.17 Å². The Hall–Kier alpha value is -1.95. The molecule has 1 aromatic carbocycles. The van der Waals surface area contributed by atoms with E-state index in [1.165, 1.54) is 10.4 Å². The lowest BCUT2D eigenvalue weighted by molar-refractivity contribution is 0.0930. The fraction of sp³-hybridized carbons (Fsp3) is 0.286. The van der Waals surface area contributed by atoms with Crippen LogP contribution in [0.2, 0.25) is 10.0 Å². The Balaban J connectivity index is 1.44. The molecular formula is C21H18Cl2N2O2S. The van der Waals surface area contributed by atoms with E-state index in [-0.39, 0.29) is 5.91 Å². The number of anilines is 1. The second-order valence-electron chi connectivity index (χ2n) is 7.44. The molecule has 0 radical (unpaired) electrons. The maximum atomic E-state index is 12.8. The highest BCUT2D eigenvalue weighted by molar-refractivity contribution is 7.16. The molecule has 2 atom stereocenters. The van der Waals surface area contributed by atoms with Crippen LogP contribution in [0, 0.1) is 5.92 Å². The second-order valence-corrected chi connectivity index (χ2v) is 9.36. The van der Waals surface area contributed by atoms with Gasteiger partial charge < -0.3 is 15.1 Å². The quantitative estimate of drug-likeness (QED) is 0.499. The number of furan rings is 1. The largest absolute Gasteiger partial charge is 0.457 e. The van der Waals surface area contributed by atoms with Gasteiger partial charge in [0.1, 0.15) is 16.5 Å². The summed E-state index contributed by atoms with van der Waals surface area (Å²) in [6, 6.07) is 9.11. The first-order chi connectivity index (χ1) is 13.5. The van der Waals surface area contributed by atoms with Crippen LogP contribution in [0.5, 0.6) is 0 Å². The number of carbonyl (C=O) groups excluding carboxylic acids is 1. The van der Waals surface area contributed by atoms with Crippen LogP contribution in [0.1, 0.15) is 46.1 Å². The summed E-state index contributed by atoms with van der Waals surface area (Å²) in [5.74, 6) is 1.97. The predicted octanol–water partition coefficient (Wildman–Crippen LogP) is 6.29. The number of hydrogen-bond donors (Lipinski definition) is 2. The van der Waals surface area contributed by atoms with Crippen molar-refractivity contribution < 1.29 is 9.21 Å². The van der Waals surface area contributed by atoms with Crippen molar-refractivity contribution in [3.63, 3.8) is 0 Å². The van der Waals surface area contributed by atoms with Gasteiger partial charge in [0.25, 0.3) is 5.91 Å². The van der Waals surface area contributed by atoms with Gasteiger partial charge in [0.15, 0.2) is 6.17 Å². The summed E-state index contributed by atoms with van der Waals surface area (Å²) in [4.78, 5) is 14.2. The molecule has 2 N–H and O–H groups in total. The number of benzene rings is 1. The molecule has 0 unspecified atom stereocenters. The van der Waals surface area contributed by atoms with Crippen molar-refractivity contribution in [2.75, 3.05) is 5.32 Å². The molecular weight excluding hydrogens is 415 g/mol. The highest BCUT2D eigenvalue weighted by Gasteiger charge is 2.34. The van der Waals surface area contributed by atoms with Gasteiger partial charge in [-0.2, -0.15) is 0 Å². The molecule has 1 amide bonds. The number of carbonyl (C=O) groups is 1. The van der Waals surface area contributed by atoms with E-state index in [4.69, 9.17) is 27.6 Å². The topological polar surface area (TPSA) is 54.3 Å². The average molecular weight is 433 g/mol. The summed E-state index contributed by atoms with van der Waals surface area (Å²) < 4.78 is 6.01. The number of halogens is 2. The summed E-state index contributed by atoms with van der Waals surface area (Å²) >= 11 is 13.8. The third-order valence-electron chi connectivity index (χ3n) is 5.41. The highest BCUT2D eigenvalue weighted by Crippen LogP contribution is 2.43. The summed E-state index contributed by atoms with van der Waals surface area (Å²) in [7, 11) is 0. The molecule has 1 aliphatic carbocycles. The first kappa shape index (κ1) is 18.1. The molecule has 5 rings (SSSR count). The minimum Gasteiger partial charge on any atom is -0.457 e. The van der Waals surface area contributed by atoms with Gasteiger partial charge >= 0.3 is 0 Å². The van der Waals surface area contributed by atoms with Gasteiger partial charge in [0.2, 0.25) is 0 Å². The second kappa shape index (κ2) is 6.83. The van der Waals surface area contributed by atoms with Crippen LogP contribution < -0.4 is 10.6 Å². The van der Waals surface area contributed by atoms with Crippen molar-refractivity contribution in [3.8, 4) is 11.3 Å². The molecule has 144 valence electrons. The Morgan fingerprint density at radius 1 is 1.14 bits per heavy atom. The maximum absolute atomic E-state index is 12.8. The molecule has 0 bridgehead atoms. The van der Waals surface area contributed by atoms with Gasteiger partial charge in [-0.3, -0.25) is 4.79 Å². The third kappa shape index (κ3) is 3.02. The van der Waals surface area contributed by atoms with Crippen LogP contribution in [0.15, 0.2) is 34.7 Å². The van der Waals surface area contributed by atoms with Crippen molar-refractivity contribution in [3.05, 3.63) is 62.1 Å². The molecule has 1 aliphatic heterocycles. The predicted molar refractivity (Wildman–Crippen MR) is 114 cm³/mol. The molecule has 7 heteroatoms. The maximum Gasteiger partial charge on any atom is 0.256 e. The van der Waals surface area contributed by atoms with Gasteiger partial charge in [-0.05, 0) is 61.1 Å². The lowest BCUT2D eigenvalue weighted by atomic mass is 9.88. The van der Waals surface area contributed by atoms with Gasteiger partial charge in [0.05, 0.1) is 15.6 Å². The standard InChI is InChI=1S/C21H18Cl2N2O2S/c1-10-2-4-12-17(8-10)28-21-18(12)20(26)24-19(25-21)16-7-6-15(27-16)11-3-5-13(22)14(23)9-11/h3,5-7,9-10,19,25H,2,4,8H2,1H3,(H,24,26)/t10-,19-/m0/s1. The first-order valence-corrected chi connectivity index (χ1v) is 10.8. The molecule has 3 heterocycles. The Bertz CT molecular complexity index is 1090. The van der Waals surface area contributed by atoms with E-state index in [1.54, 1.807) is 23.5 Å². The lowest BCUT2D eigenvalue weighted by Gasteiger charge is -2.25.